The van der Waals surface area contributed by atoms with Crippen LogP contribution in [-0.4, -0.2) is 28.5 Å². The van der Waals surface area contributed by atoms with Gasteiger partial charge in [0.05, 0.1) is 12.4 Å². The first-order valence-corrected chi connectivity index (χ1v) is 10.1. The number of anilines is 2. The molecule has 6 nitrogen and oxygen atoms in total. The van der Waals surface area contributed by atoms with Crippen molar-refractivity contribution in [3.8, 4) is 5.75 Å². The Bertz CT molecular complexity index is 886. The summed E-state index contributed by atoms with van der Waals surface area (Å²) in [7, 11) is 1.60. The predicted octanol–water partition coefficient (Wildman–Crippen LogP) is 4.28. The van der Waals surface area contributed by atoms with Gasteiger partial charge in [0.25, 0.3) is 0 Å². The van der Waals surface area contributed by atoms with Gasteiger partial charge in [0.2, 0.25) is 11.0 Å². The highest BCUT2D eigenvalue weighted by Gasteiger charge is 2.17. The molecule has 3 rings (SSSR count). The molecule has 0 spiro atoms. The first-order valence-electron chi connectivity index (χ1n) is 8.37. The number of hydrogen-bond acceptors (Lipinski definition) is 7. The lowest BCUT2D eigenvalue weighted by molar-refractivity contribution is -0.115. The molecule has 0 saturated carbocycles. The van der Waals surface area contributed by atoms with E-state index in [4.69, 9.17) is 4.74 Å². The number of methoxy groups -OCH3 is 1. The van der Waals surface area contributed by atoms with E-state index >= 15 is 0 Å². The first-order chi connectivity index (χ1) is 13.1. The minimum Gasteiger partial charge on any atom is -0.497 e. The van der Waals surface area contributed by atoms with E-state index in [1.165, 1.54) is 28.7 Å². The molecule has 0 aliphatic heterocycles. The monoisotopic (exact) mass is 400 g/mol. The Morgan fingerprint density at radius 3 is 2.78 bits per heavy atom. The number of ether oxygens (including phenoxy) is 1. The molecule has 3 aromatic rings. The molecule has 2 N–H and O–H groups in total. The summed E-state index contributed by atoms with van der Waals surface area (Å²) >= 11 is 2.82. The average Bonchev–Trinajstić information content (AvgIpc) is 3.14. The number of thioether (sulfide) groups is 1. The third kappa shape index (κ3) is 5.70. The van der Waals surface area contributed by atoms with Gasteiger partial charge in [-0.2, -0.15) is 0 Å². The SMILES string of the molecule is COc1cccc(NC(=O)[C@H](C)Sc2nnc(NCc3ccccc3)s2)c1. The van der Waals surface area contributed by atoms with E-state index in [1.807, 2.05) is 43.3 Å². The van der Waals surface area contributed by atoms with Gasteiger partial charge >= 0.3 is 0 Å². The summed E-state index contributed by atoms with van der Waals surface area (Å²) in [5, 5.41) is 14.9. The molecule has 140 valence electrons. The fraction of sp³-hybridized carbons (Fsp3) is 0.211. The largest absolute Gasteiger partial charge is 0.497 e. The lowest BCUT2D eigenvalue weighted by Crippen LogP contribution is -2.22. The number of carbonyl (C=O) groups is 1. The number of nitrogens with zero attached hydrogens (tertiary/aromatic N) is 2. The second-order valence-electron chi connectivity index (χ2n) is 5.69. The number of carbonyl (C=O) groups excluding carboxylic acids is 1. The summed E-state index contributed by atoms with van der Waals surface area (Å²) in [6.07, 6.45) is 0. The van der Waals surface area contributed by atoms with Crippen LogP contribution < -0.4 is 15.4 Å². The minimum absolute atomic E-state index is 0.0951. The van der Waals surface area contributed by atoms with Crippen LogP contribution in [0.3, 0.4) is 0 Å². The Morgan fingerprint density at radius 2 is 2.00 bits per heavy atom. The van der Waals surface area contributed by atoms with E-state index < -0.39 is 0 Å². The first kappa shape index (κ1) is 19.2. The second-order valence-corrected chi connectivity index (χ2v) is 8.26. The highest BCUT2D eigenvalue weighted by Crippen LogP contribution is 2.30. The number of benzene rings is 2. The van der Waals surface area contributed by atoms with Gasteiger partial charge in [-0.3, -0.25) is 4.79 Å². The summed E-state index contributed by atoms with van der Waals surface area (Å²) in [5.41, 5.74) is 1.88. The quantitative estimate of drug-likeness (QED) is 0.550. The molecule has 1 amide bonds. The summed E-state index contributed by atoms with van der Waals surface area (Å²) in [4.78, 5) is 12.4. The number of rotatable bonds is 8. The Morgan fingerprint density at radius 1 is 1.19 bits per heavy atom. The molecule has 27 heavy (non-hydrogen) atoms. The van der Waals surface area contributed by atoms with E-state index in [9.17, 15) is 4.79 Å². The Kier molecular flexibility index (Phi) is 6.67. The van der Waals surface area contributed by atoms with Crippen LogP contribution >= 0.6 is 23.1 Å². The zero-order valence-electron chi connectivity index (χ0n) is 15.0. The standard InChI is InChI=1S/C19H20N4O2S2/c1-13(17(24)21-15-9-6-10-16(11-15)25-2)26-19-23-22-18(27-19)20-12-14-7-4-3-5-8-14/h3-11,13H,12H2,1-2H3,(H,20,22)(H,21,24)/t13-/m0/s1. The van der Waals surface area contributed by atoms with Crippen LogP contribution in [0.15, 0.2) is 58.9 Å². The van der Waals surface area contributed by atoms with Gasteiger partial charge in [0, 0.05) is 18.3 Å². The highest BCUT2D eigenvalue weighted by atomic mass is 32.2. The minimum atomic E-state index is -0.300. The van der Waals surface area contributed by atoms with Gasteiger partial charge in [-0.1, -0.05) is 59.5 Å². The van der Waals surface area contributed by atoms with Crippen molar-refractivity contribution in [1.29, 1.82) is 0 Å². The fourth-order valence-corrected chi connectivity index (χ4v) is 4.14. The van der Waals surface area contributed by atoms with Crippen LogP contribution in [0, 0.1) is 0 Å². The fourth-order valence-electron chi connectivity index (χ4n) is 2.25. The van der Waals surface area contributed by atoms with Gasteiger partial charge in [-0.15, -0.1) is 10.2 Å². The number of aromatic nitrogens is 2. The molecule has 0 fully saturated rings. The lowest BCUT2D eigenvalue weighted by atomic mass is 10.2. The molecular weight excluding hydrogens is 380 g/mol. The van der Waals surface area contributed by atoms with E-state index in [2.05, 4.69) is 33.0 Å². The summed E-state index contributed by atoms with van der Waals surface area (Å²) in [6, 6.07) is 17.4. The lowest BCUT2D eigenvalue weighted by Gasteiger charge is -2.11. The molecule has 1 heterocycles. The van der Waals surface area contributed by atoms with Crippen molar-refractivity contribution in [1.82, 2.24) is 10.2 Å². The van der Waals surface area contributed by atoms with Crippen LogP contribution in [0.4, 0.5) is 10.8 Å². The van der Waals surface area contributed by atoms with Gasteiger partial charge in [0.1, 0.15) is 5.75 Å². The summed E-state index contributed by atoms with van der Waals surface area (Å²) in [5.74, 6) is 0.605. The molecule has 1 atom stereocenters. The Labute approximate surface area is 166 Å². The molecule has 0 saturated heterocycles. The molecule has 0 radical (unpaired) electrons. The Balaban J connectivity index is 1.52. The van der Waals surface area contributed by atoms with Crippen molar-refractivity contribution < 1.29 is 9.53 Å². The maximum Gasteiger partial charge on any atom is 0.237 e. The van der Waals surface area contributed by atoms with Gasteiger partial charge in [0.15, 0.2) is 4.34 Å². The smallest absolute Gasteiger partial charge is 0.237 e. The van der Waals surface area contributed by atoms with Crippen LogP contribution in [0.25, 0.3) is 0 Å². The third-order valence-corrected chi connectivity index (χ3v) is 5.74. The van der Waals surface area contributed by atoms with Crippen molar-refractivity contribution in [2.24, 2.45) is 0 Å². The van der Waals surface area contributed by atoms with Gasteiger partial charge in [-0.25, -0.2) is 0 Å². The topological polar surface area (TPSA) is 76.1 Å². The van der Waals surface area contributed by atoms with Crippen molar-refractivity contribution in [3.05, 3.63) is 60.2 Å². The second kappa shape index (κ2) is 9.38. The molecule has 0 unspecified atom stereocenters. The van der Waals surface area contributed by atoms with Gasteiger partial charge in [-0.05, 0) is 24.6 Å². The molecule has 1 aromatic heterocycles. The molecule has 0 aliphatic rings. The van der Waals surface area contributed by atoms with E-state index in [-0.39, 0.29) is 11.2 Å². The van der Waals surface area contributed by atoms with Crippen molar-refractivity contribution >= 4 is 39.8 Å². The van der Waals surface area contributed by atoms with Crippen LogP contribution in [0.2, 0.25) is 0 Å². The van der Waals surface area contributed by atoms with Crippen molar-refractivity contribution in [3.63, 3.8) is 0 Å². The normalized spacial score (nSPS) is 11.6. The third-order valence-electron chi connectivity index (χ3n) is 3.68. The van der Waals surface area contributed by atoms with Crippen LogP contribution in [0.1, 0.15) is 12.5 Å². The van der Waals surface area contributed by atoms with Crippen LogP contribution in [0.5, 0.6) is 5.75 Å². The van der Waals surface area contributed by atoms with E-state index in [1.54, 1.807) is 13.2 Å². The number of nitrogens with one attached hydrogen (secondary N) is 2. The Hall–Kier alpha value is -2.58. The van der Waals surface area contributed by atoms with E-state index in [0.717, 1.165) is 9.47 Å². The average molecular weight is 401 g/mol. The zero-order chi connectivity index (χ0) is 19.1. The molecule has 0 bridgehead atoms. The maximum atomic E-state index is 12.4. The molecule has 2 aromatic carbocycles. The zero-order valence-corrected chi connectivity index (χ0v) is 16.6. The maximum absolute atomic E-state index is 12.4. The number of amides is 1. The van der Waals surface area contributed by atoms with Crippen molar-refractivity contribution in [2.75, 3.05) is 17.7 Å². The molecule has 0 aliphatic carbocycles. The summed E-state index contributed by atoms with van der Waals surface area (Å²) in [6.45, 7) is 2.53. The predicted molar refractivity (Wildman–Crippen MR) is 111 cm³/mol. The molecular formula is C19H20N4O2S2. The van der Waals surface area contributed by atoms with Crippen molar-refractivity contribution in [2.45, 2.75) is 23.1 Å². The number of hydrogen-bond donors (Lipinski definition) is 2. The van der Waals surface area contributed by atoms with Gasteiger partial charge < -0.3 is 15.4 Å². The van der Waals surface area contributed by atoms with E-state index in [0.29, 0.717) is 18.0 Å². The van der Waals surface area contributed by atoms with Crippen LogP contribution in [-0.2, 0) is 11.3 Å². The summed E-state index contributed by atoms with van der Waals surface area (Å²) < 4.78 is 5.92. The molecule has 8 heteroatoms. The highest BCUT2D eigenvalue weighted by molar-refractivity contribution is 8.02.